The number of pyridine rings is 1. The Morgan fingerprint density at radius 1 is 1.35 bits per heavy atom. The highest BCUT2D eigenvalue weighted by atomic mass is 16.5. The number of hydrogen-bond acceptors (Lipinski definition) is 6. The molecule has 0 atom stereocenters. The Kier molecular flexibility index (Phi) is 2.79. The molecule has 20 heavy (non-hydrogen) atoms. The second kappa shape index (κ2) is 4.61. The number of methoxy groups -OCH3 is 1. The first-order valence-corrected chi connectivity index (χ1v) is 5.85. The number of para-hydroxylation sites is 1. The average Bonchev–Trinajstić information content (AvgIpc) is 2.91. The lowest BCUT2D eigenvalue weighted by atomic mass is 10.2. The first-order valence-electron chi connectivity index (χ1n) is 5.85. The quantitative estimate of drug-likeness (QED) is 0.702. The van der Waals surface area contributed by atoms with Crippen LogP contribution in [0.2, 0.25) is 0 Å². The summed E-state index contributed by atoms with van der Waals surface area (Å²) >= 11 is 0. The molecule has 2 N–H and O–H groups in total. The molecule has 0 radical (unpaired) electrons. The third-order valence-electron chi connectivity index (χ3n) is 2.89. The fourth-order valence-corrected chi connectivity index (χ4v) is 1.90. The number of benzene rings is 1. The number of nitrogens with zero attached hydrogens (tertiary/aromatic N) is 4. The summed E-state index contributed by atoms with van der Waals surface area (Å²) < 4.78 is 6.23. The first-order chi connectivity index (χ1) is 9.70. The van der Waals surface area contributed by atoms with E-state index in [1.807, 2.05) is 24.3 Å². The van der Waals surface area contributed by atoms with Crippen molar-refractivity contribution in [2.45, 2.75) is 0 Å². The molecule has 0 fully saturated rings. The third kappa shape index (κ3) is 1.85. The van der Waals surface area contributed by atoms with Gasteiger partial charge in [0.15, 0.2) is 5.82 Å². The lowest BCUT2D eigenvalue weighted by Crippen LogP contribution is -2.09. The van der Waals surface area contributed by atoms with Gasteiger partial charge in [-0.2, -0.15) is 4.68 Å². The minimum Gasteiger partial charge on any atom is -0.465 e. The molecule has 3 aromatic rings. The van der Waals surface area contributed by atoms with Gasteiger partial charge in [-0.25, -0.2) is 9.78 Å². The number of carbonyl (C=O) groups excluding carboxylic acids is 1. The van der Waals surface area contributed by atoms with Crippen LogP contribution in [0.1, 0.15) is 10.4 Å². The maximum Gasteiger partial charge on any atom is 0.340 e. The van der Waals surface area contributed by atoms with Gasteiger partial charge in [-0.15, -0.1) is 5.10 Å². The highest BCUT2D eigenvalue weighted by Gasteiger charge is 2.14. The largest absolute Gasteiger partial charge is 0.465 e. The maximum atomic E-state index is 11.6. The molecule has 1 aromatic carbocycles. The summed E-state index contributed by atoms with van der Waals surface area (Å²) in [6.45, 7) is 0. The smallest absolute Gasteiger partial charge is 0.340 e. The van der Waals surface area contributed by atoms with E-state index in [2.05, 4.69) is 20.0 Å². The summed E-state index contributed by atoms with van der Waals surface area (Å²) in [7, 11) is 1.30. The van der Waals surface area contributed by atoms with E-state index in [9.17, 15) is 4.79 Å². The van der Waals surface area contributed by atoms with Crippen LogP contribution in [0.15, 0.2) is 36.5 Å². The fourth-order valence-electron chi connectivity index (χ4n) is 1.90. The normalized spacial score (nSPS) is 10.7. The van der Waals surface area contributed by atoms with Crippen LogP contribution in [-0.2, 0) is 4.74 Å². The van der Waals surface area contributed by atoms with Crippen molar-refractivity contribution in [3.05, 3.63) is 42.1 Å². The van der Waals surface area contributed by atoms with E-state index in [0.717, 1.165) is 11.0 Å². The molecule has 7 heteroatoms. The van der Waals surface area contributed by atoms with Crippen molar-refractivity contribution >= 4 is 22.7 Å². The Morgan fingerprint density at radius 3 is 2.95 bits per heavy atom. The molecule has 0 aliphatic heterocycles. The molecule has 0 saturated carbocycles. The van der Waals surface area contributed by atoms with Crippen molar-refractivity contribution in [3.63, 3.8) is 0 Å². The summed E-state index contributed by atoms with van der Waals surface area (Å²) in [5.41, 5.74) is 7.76. The molecule has 0 aliphatic rings. The minimum absolute atomic E-state index is 0.247. The number of esters is 1. The molecule has 7 nitrogen and oxygen atoms in total. The van der Waals surface area contributed by atoms with E-state index in [4.69, 9.17) is 5.73 Å². The van der Waals surface area contributed by atoms with Crippen molar-refractivity contribution in [3.8, 4) is 5.82 Å². The summed E-state index contributed by atoms with van der Waals surface area (Å²) in [6.07, 6.45) is 1.40. The number of rotatable bonds is 2. The molecule has 2 aromatic heterocycles. The van der Waals surface area contributed by atoms with Crippen molar-refractivity contribution < 1.29 is 9.53 Å². The Bertz CT molecular complexity index is 796. The lowest BCUT2D eigenvalue weighted by Gasteiger charge is -2.06. The first kappa shape index (κ1) is 12.1. The summed E-state index contributed by atoms with van der Waals surface area (Å²) in [5.74, 6) is -0.0659. The van der Waals surface area contributed by atoms with Gasteiger partial charge in [0.1, 0.15) is 5.52 Å². The fraction of sp³-hybridized carbons (Fsp3) is 0.0769. The summed E-state index contributed by atoms with van der Waals surface area (Å²) in [5, 5.41) is 8.07. The van der Waals surface area contributed by atoms with E-state index in [1.54, 1.807) is 4.68 Å². The standard InChI is InChI=1S/C13H11N5O2/c1-20-13(19)8-6-12(15-7-9(8)14)18-11-5-3-2-4-10(11)16-17-18/h2-7H,14H2,1H3. The molecular formula is C13H11N5O2. The SMILES string of the molecule is COC(=O)c1cc(-n2nnc3ccccc32)ncc1N. The number of hydrogen-bond donors (Lipinski definition) is 1. The molecule has 0 saturated heterocycles. The Labute approximate surface area is 114 Å². The van der Waals surface area contributed by atoms with Gasteiger partial charge in [0, 0.05) is 0 Å². The lowest BCUT2D eigenvalue weighted by molar-refractivity contribution is 0.0602. The zero-order valence-corrected chi connectivity index (χ0v) is 10.6. The van der Waals surface area contributed by atoms with Crippen LogP contribution < -0.4 is 5.73 Å². The van der Waals surface area contributed by atoms with E-state index >= 15 is 0 Å². The van der Waals surface area contributed by atoms with Gasteiger partial charge >= 0.3 is 5.97 Å². The Balaban J connectivity index is 2.17. The molecule has 0 unspecified atom stereocenters. The van der Waals surface area contributed by atoms with E-state index in [-0.39, 0.29) is 11.3 Å². The highest BCUT2D eigenvalue weighted by molar-refractivity contribution is 5.95. The van der Waals surface area contributed by atoms with Crippen LogP contribution in [0, 0.1) is 0 Å². The third-order valence-corrected chi connectivity index (χ3v) is 2.89. The molecule has 2 heterocycles. The van der Waals surface area contributed by atoms with Gasteiger partial charge in [-0.1, -0.05) is 17.3 Å². The molecule has 0 spiro atoms. The van der Waals surface area contributed by atoms with Crippen LogP contribution in [0.25, 0.3) is 16.9 Å². The number of nitrogens with two attached hydrogens (primary N) is 1. The minimum atomic E-state index is -0.518. The van der Waals surface area contributed by atoms with Crippen molar-refractivity contribution in [1.82, 2.24) is 20.0 Å². The van der Waals surface area contributed by atoms with Gasteiger partial charge in [0.2, 0.25) is 0 Å². The predicted molar refractivity (Wildman–Crippen MR) is 72.4 cm³/mol. The van der Waals surface area contributed by atoms with E-state index in [1.165, 1.54) is 19.4 Å². The molecule has 0 bridgehead atoms. The Morgan fingerprint density at radius 2 is 2.15 bits per heavy atom. The number of anilines is 1. The summed E-state index contributed by atoms with van der Waals surface area (Å²) in [4.78, 5) is 15.8. The molecule has 0 aliphatic carbocycles. The van der Waals surface area contributed by atoms with Gasteiger partial charge in [0.05, 0.1) is 30.1 Å². The predicted octanol–water partition coefficient (Wildman–Crippen LogP) is 1.18. The van der Waals surface area contributed by atoms with Crippen LogP contribution >= 0.6 is 0 Å². The number of ether oxygens (including phenoxy) is 1. The Hall–Kier alpha value is -2.96. The van der Waals surface area contributed by atoms with E-state index < -0.39 is 5.97 Å². The molecule has 100 valence electrons. The van der Waals surface area contributed by atoms with Crippen molar-refractivity contribution in [1.29, 1.82) is 0 Å². The van der Waals surface area contributed by atoms with Crippen LogP contribution in [0.5, 0.6) is 0 Å². The van der Waals surface area contributed by atoms with E-state index in [0.29, 0.717) is 5.82 Å². The van der Waals surface area contributed by atoms with Crippen LogP contribution in [-0.4, -0.2) is 33.1 Å². The monoisotopic (exact) mass is 269 g/mol. The van der Waals surface area contributed by atoms with Crippen molar-refractivity contribution in [2.75, 3.05) is 12.8 Å². The highest BCUT2D eigenvalue weighted by Crippen LogP contribution is 2.18. The molecule has 0 amide bonds. The maximum absolute atomic E-state index is 11.6. The number of nitrogen functional groups attached to an aromatic ring is 1. The zero-order chi connectivity index (χ0) is 14.1. The number of fused-ring (bicyclic) bond motifs is 1. The van der Waals surface area contributed by atoms with Gasteiger partial charge in [-0.05, 0) is 18.2 Å². The van der Waals surface area contributed by atoms with Gasteiger partial charge in [-0.3, -0.25) is 0 Å². The zero-order valence-electron chi connectivity index (χ0n) is 10.6. The number of aromatic nitrogens is 4. The van der Waals surface area contributed by atoms with Gasteiger partial charge < -0.3 is 10.5 Å². The molecular weight excluding hydrogens is 258 g/mol. The second-order valence-electron chi connectivity index (χ2n) is 4.11. The van der Waals surface area contributed by atoms with Crippen LogP contribution in [0.4, 0.5) is 5.69 Å². The topological polar surface area (TPSA) is 95.9 Å². The van der Waals surface area contributed by atoms with Gasteiger partial charge in [0.25, 0.3) is 0 Å². The average molecular weight is 269 g/mol. The summed E-state index contributed by atoms with van der Waals surface area (Å²) in [6, 6.07) is 8.99. The van der Waals surface area contributed by atoms with Crippen LogP contribution in [0.3, 0.4) is 0 Å². The van der Waals surface area contributed by atoms with Crippen molar-refractivity contribution in [2.24, 2.45) is 0 Å². The molecule has 3 rings (SSSR count). The number of carbonyl (C=O) groups is 1. The second-order valence-corrected chi connectivity index (χ2v) is 4.11.